The zero-order valence-corrected chi connectivity index (χ0v) is 8.98. The molecule has 0 radical (unpaired) electrons. The van der Waals surface area contributed by atoms with Crippen LogP contribution in [0, 0.1) is 5.82 Å². The van der Waals surface area contributed by atoms with E-state index in [-0.39, 0.29) is 17.7 Å². The summed E-state index contributed by atoms with van der Waals surface area (Å²) in [7, 11) is 0. The third-order valence-corrected chi connectivity index (χ3v) is 2.59. The van der Waals surface area contributed by atoms with Crippen LogP contribution in [0.3, 0.4) is 0 Å². The molecule has 3 nitrogen and oxygen atoms in total. The lowest BCUT2D eigenvalue weighted by molar-refractivity contribution is -0.161. The molecule has 2 unspecified atom stereocenters. The molecule has 1 aromatic carbocycles. The van der Waals surface area contributed by atoms with E-state index in [4.69, 9.17) is 9.47 Å². The molecule has 0 aromatic heterocycles. The lowest BCUT2D eigenvalue weighted by Gasteiger charge is -2.07. The van der Waals surface area contributed by atoms with Gasteiger partial charge in [0.25, 0.3) is 0 Å². The van der Waals surface area contributed by atoms with Gasteiger partial charge in [-0.2, -0.15) is 0 Å². The van der Waals surface area contributed by atoms with Crippen LogP contribution in [-0.2, 0) is 14.3 Å². The molecule has 4 heteroatoms. The molecular weight excluding hydrogens is 211 g/mol. The molecule has 1 aliphatic rings. The molecule has 0 N–H and O–H groups in total. The minimum absolute atomic E-state index is 0.301. The summed E-state index contributed by atoms with van der Waals surface area (Å²) >= 11 is 0. The van der Waals surface area contributed by atoms with Crippen molar-refractivity contribution in [3.63, 3.8) is 0 Å². The van der Waals surface area contributed by atoms with E-state index >= 15 is 0 Å². The first kappa shape index (κ1) is 11.1. The van der Waals surface area contributed by atoms with E-state index in [0.29, 0.717) is 13.0 Å². The highest BCUT2D eigenvalue weighted by atomic mass is 19.1. The largest absolute Gasteiger partial charge is 0.435 e. The van der Waals surface area contributed by atoms with Gasteiger partial charge in [-0.05, 0) is 24.6 Å². The zero-order valence-electron chi connectivity index (χ0n) is 8.98. The fourth-order valence-corrected chi connectivity index (χ4v) is 1.80. The highest BCUT2D eigenvalue weighted by Gasteiger charge is 2.35. The third kappa shape index (κ3) is 2.22. The van der Waals surface area contributed by atoms with Crippen molar-refractivity contribution in [2.75, 3.05) is 6.61 Å². The first-order valence-electron chi connectivity index (χ1n) is 5.28. The van der Waals surface area contributed by atoms with Crippen molar-refractivity contribution in [3.05, 3.63) is 35.6 Å². The van der Waals surface area contributed by atoms with Gasteiger partial charge in [0.05, 0.1) is 5.92 Å². The zero-order chi connectivity index (χ0) is 11.5. The van der Waals surface area contributed by atoms with E-state index in [0.717, 1.165) is 5.56 Å². The predicted octanol–water partition coefficient (Wildman–Crippen LogP) is 2.22. The van der Waals surface area contributed by atoms with Gasteiger partial charge < -0.3 is 9.47 Å². The monoisotopic (exact) mass is 224 g/mol. The number of halogens is 1. The van der Waals surface area contributed by atoms with Crippen LogP contribution in [0.1, 0.15) is 24.8 Å². The number of rotatable bonds is 3. The van der Waals surface area contributed by atoms with Crippen LogP contribution < -0.4 is 0 Å². The van der Waals surface area contributed by atoms with E-state index in [1.54, 1.807) is 12.1 Å². The quantitative estimate of drug-likeness (QED) is 0.738. The Bertz CT molecular complexity index is 374. The van der Waals surface area contributed by atoms with Crippen molar-refractivity contribution in [2.45, 2.75) is 25.6 Å². The van der Waals surface area contributed by atoms with Gasteiger partial charge in [-0.15, -0.1) is 0 Å². The minimum Gasteiger partial charge on any atom is -0.435 e. The summed E-state index contributed by atoms with van der Waals surface area (Å²) in [6, 6.07) is 5.90. The molecule has 1 fully saturated rings. The van der Waals surface area contributed by atoms with E-state index in [1.165, 1.54) is 12.1 Å². The fraction of sp³-hybridized carbons (Fsp3) is 0.417. The number of carbonyl (C=O) groups excluding carboxylic acids is 1. The summed E-state index contributed by atoms with van der Waals surface area (Å²) in [6.45, 7) is 2.35. The number of esters is 1. The van der Waals surface area contributed by atoms with Crippen molar-refractivity contribution in [3.8, 4) is 0 Å². The molecule has 86 valence electrons. The van der Waals surface area contributed by atoms with E-state index in [2.05, 4.69) is 0 Å². The standard InChI is InChI=1S/C12H13FO3/c1-2-15-11-7-10(12(14)16-11)8-3-5-9(13)6-4-8/h3-6,10-11H,2,7H2,1H3. The van der Waals surface area contributed by atoms with Crippen LogP contribution in [0.5, 0.6) is 0 Å². The average molecular weight is 224 g/mol. The Labute approximate surface area is 93.2 Å². The third-order valence-electron chi connectivity index (χ3n) is 2.59. The van der Waals surface area contributed by atoms with E-state index in [9.17, 15) is 9.18 Å². The van der Waals surface area contributed by atoms with Crippen LogP contribution in [0.15, 0.2) is 24.3 Å². The Balaban J connectivity index is 2.10. The Morgan fingerprint density at radius 1 is 1.44 bits per heavy atom. The number of cyclic esters (lactones) is 1. The van der Waals surface area contributed by atoms with Gasteiger partial charge in [0, 0.05) is 13.0 Å². The molecule has 1 aromatic rings. The van der Waals surface area contributed by atoms with Crippen LogP contribution in [0.4, 0.5) is 4.39 Å². The molecular formula is C12H13FO3. The van der Waals surface area contributed by atoms with Gasteiger partial charge >= 0.3 is 5.97 Å². The molecule has 0 saturated carbocycles. The summed E-state index contributed by atoms with van der Waals surface area (Å²) in [6.07, 6.45) is 0.0331. The lowest BCUT2D eigenvalue weighted by Crippen LogP contribution is -2.10. The molecule has 0 amide bonds. The van der Waals surface area contributed by atoms with E-state index < -0.39 is 6.29 Å². The molecule has 0 aliphatic carbocycles. The molecule has 2 atom stereocenters. The lowest BCUT2D eigenvalue weighted by atomic mass is 9.97. The average Bonchev–Trinajstić information content (AvgIpc) is 2.61. The second kappa shape index (κ2) is 4.61. The molecule has 1 saturated heterocycles. The van der Waals surface area contributed by atoms with Crippen LogP contribution in [0.2, 0.25) is 0 Å². The second-order valence-corrected chi connectivity index (χ2v) is 3.66. The second-order valence-electron chi connectivity index (χ2n) is 3.66. The normalized spacial score (nSPS) is 24.5. The van der Waals surface area contributed by atoms with Crippen molar-refractivity contribution in [2.24, 2.45) is 0 Å². The number of ether oxygens (including phenoxy) is 2. The maximum Gasteiger partial charge on any atom is 0.315 e. The predicted molar refractivity (Wildman–Crippen MR) is 55.3 cm³/mol. The summed E-state index contributed by atoms with van der Waals surface area (Å²) in [5.41, 5.74) is 0.772. The first-order chi connectivity index (χ1) is 7.70. The van der Waals surface area contributed by atoms with Gasteiger partial charge in [0.15, 0.2) is 0 Å². The number of hydrogen-bond acceptors (Lipinski definition) is 3. The number of benzene rings is 1. The van der Waals surface area contributed by atoms with Crippen molar-refractivity contribution >= 4 is 5.97 Å². The molecule has 1 aliphatic heterocycles. The van der Waals surface area contributed by atoms with Crippen LogP contribution >= 0.6 is 0 Å². The maximum absolute atomic E-state index is 12.7. The fourth-order valence-electron chi connectivity index (χ4n) is 1.80. The SMILES string of the molecule is CCOC1CC(c2ccc(F)cc2)C(=O)O1. The topological polar surface area (TPSA) is 35.5 Å². The van der Waals surface area contributed by atoms with Crippen LogP contribution in [0.25, 0.3) is 0 Å². The Morgan fingerprint density at radius 2 is 2.12 bits per heavy atom. The maximum atomic E-state index is 12.7. The van der Waals surface area contributed by atoms with Crippen molar-refractivity contribution < 1.29 is 18.7 Å². The van der Waals surface area contributed by atoms with Crippen molar-refractivity contribution in [1.82, 2.24) is 0 Å². The first-order valence-corrected chi connectivity index (χ1v) is 5.28. The van der Waals surface area contributed by atoms with Gasteiger partial charge in [-0.25, -0.2) is 4.39 Å². The van der Waals surface area contributed by atoms with E-state index in [1.807, 2.05) is 6.92 Å². The molecule has 16 heavy (non-hydrogen) atoms. The molecule has 1 heterocycles. The Morgan fingerprint density at radius 3 is 2.75 bits per heavy atom. The highest BCUT2D eigenvalue weighted by Crippen LogP contribution is 2.31. The molecule has 0 bridgehead atoms. The number of carbonyl (C=O) groups is 1. The summed E-state index contributed by atoms with van der Waals surface area (Å²) in [4.78, 5) is 11.5. The Kier molecular flexibility index (Phi) is 3.19. The summed E-state index contributed by atoms with van der Waals surface area (Å²) in [5, 5.41) is 0. The summed E-state index contributed by atoms with van der Waals surface area (Å²) < 4.78 is 23.0. The smallest absolute Gasteiger partial charge is 0.315 e. The molecule has 2 rings (SSSR count). The van der Waals surface area contributed by atoms with Crippen LogP contribution in [-0.4, -0.2) is 18.9 Å². The van der Waals surface area contributed by atoms with Gasteiger partial charge in [-0.3, -0.25) is 4.79 Å². The Hall–Kier alpha value is -1.42. The van der Waals surface area contributed by atoms with Gasteiger partial charge in [0.1, 0.15) is 5.82 Å². The van der Waals surface area contributed by atoms with Gasteiger partial charge in [-0.1, -0.05) is 12.1 Å². The van der Waals surface area contributed by atoms with Crippen molar-refractivity contribution in [1.29, 1.82) is 0 Å². The molecule has 0 spiro atoms. The number of hydrogen-bond donors (Lipinski definition) is 0. The summed E-state index contributed by atoms with van der Waals surface area (Å²) in [5.74, 6) is -0.946. The minimum atomic E-state index is -0.465. The van der Waals surface area contributed by atoms with Gasteiger partial charge in [0.2, 0.25) is 6.29 Å². The highest BCUT2D eigenvalue weighted by molar-refractivity contribution is 5.80.